The third-order valence-corrected chi connectivity index (χ3v) is 8.48. The Morgan fingerprint density at radius 1 is 0.930 bits per heavy atom. The molecule has 1 fully saturated rings. The third-order valence-electron chi connectivity index (χ3n) is 7.30. The first-order valence-electron chi connectivity index (χ1n) is 13.5. The van der Waals surface area contributed by atoms with Gasteiger partial charge in [-0.2, -0.15) is 13.5 Å². The molecule has 11 nitrogen and oxygen atoms in total. The van der Waals surface area contributed by atoms with Crippen molar-refractivity contribution >= 4 is 38.6 Å². The zero-order valence-corrected chi connectivity index (χ0v) is 24.3. The fourth-order valence-corrected chi connectivity index (χ4v) is 5.74. The van der Waals surface area contributed by atoms with Crippen molar-refractivity contribution in [2.75, 3.05) is 33.2 Å². The van der Waals surface area contributed by atoms with Gasteiger partial charge in [0.25, 0.3) is 27.7 Å². The number of aromatic nitrogens is 1. The van der Waals surface area contributed by atoms with Crippen molar-refractivity contribution < 1.29 is 27.2 Å². The fourth-order valence-electron chi connectivity index (χ4n) is 4.95. The number of halogens is 1. The lowest BCUT2D eigenvalue weighted by Crippen LogP contribution is -2.51. The number of sulfonamides is 1. The van der Waals surface area contributed by atoms with E-state index in [-0.39, 0.29) is 59.0 Å². The molecule has 0 radical (unpaired) electrons. The Labute approximate surface area is 247 Å². The second kappa shape index (κ2) is 12.1. The first-order valence-corrected chi connectivity index (χ1v) is 14.9. The number of aryl methyl sites for hydroxylation is 1. The molecule has 1 unspecified atom stereocenters. The Balaban J connectivity index is 1.49. The van der Waals surface area contributed by atoms with Crippen molar-refractivity contribution in [3.05, 3.63) is 101 Å². The molecule has 4 aromatic rings. The summed E-state index contributed by atoms with van der Waals surface area (Å²) in [5.41, 5.74) is 1.65. The summed E-state index contributed by atoms with van der Waals surface area (Å²) in [5.74, 6) is -2.01. The largest absolute Gasteiger partial charge is 0.360 e. The van der Waals surface area contributed by atoms with Crippen LogP contribution in [0.15, 0.2) is 87.5 Å². The molecule has 222 valence electrons. The number of hydrogen-bond acceptors (Lipinski definition) is 6. The molecule has 3 aromatic carbocycles. The molecule has 0 aliphatic carbocycles. The summed E-state index contributed by atoms with van der Waals surface area (Å²) in [6.45, 7) is 2.55. The second-order valence-corrected chi connectivity index (χ2v) is 11.6. The molecule has 1 aliphatic rings. The third kappa shape index (κ3) is 6.02. The van der Waals surface area contributed by atoms with E-state index in [9.17, 15) is 22.8 Å². The molecule has 3 amide bonds. The molecule has 0 bridgehead atoms. The van der Waals surface area contributed by atoms with Crippen LogP contribution in [0.3, 0.4) is 0 Å². The number of nitrogens with zero attached hydrogens (tertiary/aromatic N) is 4. The van der Waals surface area contributed by atoms with E-state index >= 15 is 4.39 Å². The number of aromatic amines is 1. The quantitative estimate of drug-likeness (QED) is 0.308. The summed E-state index contributed by atoms with van der Waals surface area (Å²) in [6.07, 6.45) is 1.33. The molecule has 1 aromatic heterocycles. The lowest BCUT2D eigenvalue weighted by Gasteiger charge is -2.35. The predicted molar refractivity (Wildman–Crippen MR) is 157 cm³/mol. The predicted octanol–water partition coefficient (Wildman–Crippen LogP) is 3.84. The fraction of sp³-hybridized carbons (Fsp3) is 0.233. The molecule has 1 saturated heterocycles. The molecule has 5 rings (SSSR count). The van der Waals surface area contributed by atoms with Crippen molar-refractivity contribution in [3.63, 3.8) is 0 Å². The summed E-state index contributed by atoms with van der Waals surface area (Å²) in [6, 6.07) is 15.6. The first kappa shape index (κ1) is 29.6. The van der Waals surface area contributed by atoms with Crippen LogP contribution in [0.2, 0.25) is 0 Å². The van der Waals surface area contributed by atoms with Gasteiger partial charge in [-0.3, -0.25) is 14.4 Å². The second-order valence-electron chi connectivity index (χ2n) is 10.0. The van der Waals surface area contributed by atoms with Gasteiger partial charge in [0.05, 0.1) is 16.0 Å². The van der Waals surface area contributed by atoms with Gasteiger partial charge in [-0.1, -0.05) is 40.4 Å². The van der Waals surface area contributed by atoms with E-state index in [1.165, 1.54) is 36.3 Å². The number of H-pyrrole nitrogens is 1. The Kier molecular flexibility index (Phi) is 8.35. The molecule has 1 atom stereocenters. The van der Waals surface area contributed by atoms with Crippen LogP contribution in [-0.4, -0.2) is 74.1 Å². The average Bonchev–Trinajstić information content (AvgIpc) is 3.47. The van der Waals surface area contributed by atoms with E-state index in [2.05, 4.69) is 19.9 Å². The summed E-state index contributed by atoms with van der Waals surface area (Å²) in [4.78, 5) is 45.1. The Morgan fingerprint density at radius 2 is 1.58 bits per heavy atom. The van der Waals surface area contributed by atoms with Crippen LogP contribution in [0, 0.1) is 12.7 Å². The molecule has 0 spiro atoms. The van der Waals surface area contributed by atoms with Crippen molar-refractivity contribution in [3.8, 4) is 0 Å². The maximum Gasteiger partial charge on any atom is 0.299 e. The standard InChI is InChI=1S/C30H29FN6O5S/c1-19-8-10-21(11-9-19)43(41,42)35-34-27(23-18-33-26-22(28(38)32-2)12-13-24(31)25(23)26)30(40)37-16-14-36(15-17-37)29(39)20-6-4-3-5-7-20/h3-13,18,27,33H,14-17H2,1-2H3,(H,32,38). The minimum absolute atomic E-state index is 0.0221. The van der Waals surface area contributed by atoms with E-state index in [4.69, 9.17) is 0 Å². The minimum Gasteiger partial charge on any atom is -0.360 e. The van der Waals surface area contributed by atoms with Crippen LogP contribution in [0.25, 0.3) is 10.9 Å². The van der Waals surface area contributed by atoms with Gasteiger partial charge >= 0.3 is 0 Å². The van der Waals surface area contributed by atoms with E-state index in [0.717, 1.165) is 11.6 Å². The number of rotatable bonds is 7. The highest BCUT2D eigenvalue weighted by atomic mass is 32.2. The van der Waals surface area contributed by atoms with Gasteiger partial charge in [0.15, 0.2) is 6.04 Å². The van der Waals surface area contributed by atoms with Gasteiger partial charge in [0, 0.05) is 55.9 Å². The molecule has 43 heavy (non-hydrogen) atoms. The molecular weight excluding hydrogens is 575 g/mol. The zero-order valence-electron chi connectivity index (χ0n) is 23.5. The van der Waals surface area contributed by atoms with Gasteiger partial charge < -0.3 is 20.1 Å². The molecule has 13 heteroatoms. The summed E-state index contributed by atoms with van der Waals surface area (Å²) < 4.78 is 44.9. The number of carbonyl (C=O) groups excluding carboxylic acids is 3. The number of hydrogen-bond donors (Lipinski definition) is 2. The summed E-state index contributed by atoms with van der Waals surface area (Å²) in [5, 5.41) is 6.39. The molecule has 2 N–H and O–H groups in total. The SMILES string of the molecule is CNC(=O)c1ccc(F)c2c(C(N=NS(=O)(=O)c3ccc(C)cc3)C(=O)N3CCN(C(=O)c4ccccc4)CC3)c[nH]c12. The maximum atomic E-state index is 15.3. The van der Waals surface area contributed by atoms with E-state index in [0.29, 0.717) is 5.56 Å². The van der Waals surface area contributed by atoms with E-state index in [1.807, 2.05) is 6.07 Å². The lowest BCUT2D eigenvalue weighted by atomic mass is 10.0. The number of fused-ring (bicyclic) bond motifs is 1. The highest BCUT2D eigenvalue weighted by molar-refractivity contribution is 7.90. The number of nitrogens with one attached hydrogen (secondary N) is 2. The van der Waals surface area contributed by atoms with Crippen LogP contribution in [0.1, 0.15) is 37.9 Å². The topological polar surface area (TPSA) is 144 Å². The number of carbonyl (C=O) groups is 3. The zero-order chi connectivity index (χ0) is 30.7. The number of benzene rings is 3. The lowest BCUT2D eigenvalue weighted by molar-refractivity contribution is -0.134. The van der Waals surface area contributed by atoms with Crippen LogP contribution in [-0.2, 0) is 14.8 Å². The van der Waals surface area contributed by atoms with Gasteiger partial charge in [-0.25, -0.2) is 4.39 Å². The van der Waals surface area contributed by atoms with E-state index in [1.54, 1.807) is 48.2 Å². The van der Waals surface area contributed by atoms with Gasteiger partial charge in [0.2, 0.25) is 0 Å². The Hall–Kier alpha value is -4.91. The summed E-state index contributed by atoms with van der Waals surface area (Å²) in [7, 11) is -2.87. The van der Waals surface area contributed by atoms with Crippen molar-refractivity contribution in [1.82, 2.24) is 20.1 Å². The monoisotopic (exact) mass is 604 g/mol. The highest BCUT2D eigenvalue weighted by Crippen LogP contribution is 2.33. The van der Waals surface area contributed by atoms with Gasteiger partial charge in [-0.05, 0) is 43.3 Å². The summed E-state index contributed by atoms with van der Waals surface area (Å²) >= 11 is 0. The highest BCUT2D eigenvalue weighted by Gasteiger charge is 2.33. The number of amides is 3. The normalized spacial score (nSPS) is 14.7. The molecule has 0 saturated carbocycles. The van der Waals surface area contributed by atoms with Crippen molar-refractivity contribution in [2.45, 2.75) is 17.9 Å². The number of piperazine rings is 1. The van der Waals surface area contributed by atoms with Gasteiger partial charge in [0.1, 0.15) is 5.82 Å². The Bertz CT molecular complexity index is 1820. The van der Waals surface area contributed by atoms with E-state index < -0.39 is 33.7 Å². The van der Waals surface area contributed by atoms with Gasteiger partial charge in [-0.15, -0.1) is 0 Å². The van der Waals surface area contributed by atoms with Crippen molar-refractivity contribution in [1.29, 1.82) is 0 Å². The smallest absolute Gasteiger partial charge is 0.299 e. The molecule has 2 heterocycles. The van der Waals surface area contributed by atoms with Crippen LogP contribution < -0.4 is 5.32 Å². The maximum absolute atomic E-state index is 15.3. The molecule has 1 aliphatic heterocycles. The average molecular weight is 605 g/mol. The van der Waals surface area contributed by atoms with Crippen molar-refractivity contribution in [2.24, 2.45) is 9.63 Å². The Morgan fingerprint density at radius 3 is 2.23 bits per heavy atom. The van der Waals surface area contributed by atoms with Crippen LogP contribution in [0.4, 0.5) is 4.39 Å². The first-order chi connectivity index (χ1) is 20.6. The van der Waals surface area contributed by atoms with Crippen LogP contribution >= 0.6 is 0 Å². The molecular formula is C30H29FN6O5S. The van der Waals surface area contributed by atoms with Crippen LogP contribution in [0.5, 0.6) is 0 Å². The minimum atomic E-state index is -4.30.